The zero-order chi connectivity index (χ0) is 18.7. The standard InChI is InChI=1S/C19H19F3N2O2/c1-13(24-11-10-14-4-2-3-5-15(14)12-24)18(25)23-16-6-8-17(9-7-16)26-19(20,21)22/h2-9,13H,10-12H2,1H3,(H,23,25)/t13-/m0/s1. The zero-order valence-electron chi connectivity index (χ0n) is 14.2. The Morgan fingerprint density at radius 2 is 1.77 bits per heavy atom. The van der Waals surface area contributed by atoms with Crippen LogP contribution in [0.2, 0.25) is 0 Å². The van der Waals surface area contributed by atoms with Crippen LogP contribution in [0.5, 0.6) is 5.75 Å². The first-order valence-corrected chi connectivity index (χ1v) is 8.29. The summed E-state index contributed by atoms with van der Waals surface area (Å²) in [7, 11) is 0. The van der Waals surface area contributed by atoms with Gasteiger partial charge in [0.1, 0.15) is 5.75 Å². The molecule has 26 heavy (non-hydrogen) atoms. The van der Waals surface area contributed by atoms with Crippen molar-refractivity contribution in [3.05, 3.63) is 59.7 Å². The molecule has 3 rings (SSSR count). The Balaban J connectivity index is 1.59. The van der Waals surface area contributed by atoms with Crippen molar-refractivity contribution in [1.82, 2.24) is 4.90 Å². The number of rotatable bonds is 4. The summed E-state index contributed by atoms with van der Waals surface area (Å²) in [4.78, 5) is 14.6. The fourth-order valence-corrected chi connectivity index (χ4v) is 3.00. The van der Waals surface area contributed by atoms with E-state index in [1.165, 1.54) is 35.4 Å². The fraction of sp³-hybridized carbons (Fsp3) is 0.316. The quantitative estimate of drug-likeness (QED) is 0.893. The number of fused-ring (bicyclic) bond motifs is 1. The zero-order valence-corrected chi connectivity index (χ0v) is 14.2. The number of halogens is 3. The fourth-order valence-electron chi connectivity index (χ4n) is 3.00. The highest BCUT2D eigenvalue weighted by molar-refractivity contribution is 5.94. The topological polar surface area (TPSA) is 41.6 Å². The van der Waals surface area contributed by atoms with Crippen molar-refractivity contribution in [2.75, 3.05) is 11.9 Å². The number of benzene rings is 2. The molecule has 2 aromatic rings. The van der Waals surface area contributed by atoms with Crippen molar-refractivity contribution in [3.8, 4) is 5.75 Å². The largest absolute Gasteiger partial charge is 0.573 e. The molecule has 0 bridgehead atoms. The van der Waals surface area contributed by atoms with Crippen LogP contribution in [0, 0.1) is 0 Å². The number of amides is 1. The maximum absolute atomic E-state index is 12.5. The second-order valence-corrected chi connectivity index (χ2v) is 6.23. The smallest absolute Gasteiger partial charge is 0.406 e. The van der Waals surface area contributed by atoms with Crippen LogP contribution in [0.15, 0.2) is 48.5 Å². The summed E-state index contributed by atoms with van der Waals surface area (Å²) >= 11 is 0. The molecule has 2 aromatic carbocycles. The van der Waals surface area contributed by atoms with Gasteiger partial charge in [-0.15, -0.1) is 13.2 Å². The molecule has 0 fully saturated rings. The van der Waals surface area contributed by atoms with Gasteiger partial charge < -0.3 is 10.1 Å². The van der Waals surface area contributed by atoms with E-state index < -0.39 is 6.36 Å². The highest BCUT2D eigenvalue weighted by atomic mass is 19.4. The van der Waals surface area contributed by atoms with E-state index in [1.54, 1.807) is 0 Å². The van der Waals surface area contributed by atoms with Gasteiger partial charge in [0.15, 0.2) is 0 Å². The summed E-state index contributed by atoms with van der Waals surface area (Å²) < 4.78 is 40.3. The van der Waals surface area contributed by atoms with Crippen LogP contribution in [0.25, 0.3) is 0 Å². The molecule has 0 aromatic heterocycles. The number of hydrogen-bond donors (Lipinski definition) is 1. The maximum atomic E-state index is 12.5. The van der Waals surface area contributed by atoms with Gasteiger partial charge in [0.05, 0.1) is 6.04 Å². The summed E-state index contributed by atoms with van der Waals surface area (Å²) in [5.41, 5.74) is 2.94. The molecule has 1 atom stereocenters. The van der Waals surface area contributed by atoms with Gasteiger partial charge in [-0.25, -0.2) is 0 Å². The molecule has 1 N–H and O–H groups in total. The second kappa shape index (κ2) is 7.37. The summed E-state index contributed by atoms with van der Waals surface area (Å²) in [6.07, 6.45) is -3.85. The third kappa shape index (κ3) is 4.54. The third-order valence-corrected chi connectivity index (χ3v) is 4.44. The van der Waals surface area contributed by atoms with Gasteiger partial charge in [-0.2, -0.15) is 0 Å². The van der Waals surface area contributed by atoms with Crippen molar-refractivity contribution >= 4 is 11.6 Å². The third-order valence-electron chi connectivity index (χ3n) is 4.44. The number of carbonyl (C=O) groups excluding carboxylic acids is 1. The van der Waals surface area contributed by atoms with E-state index in [9.17, 15) is 18.0 Å². The number of hydrogen-bond acceptors (Lipinski definition) is 3. The SMILES string of the molecule is C[C@@H](C(=O)Nc1ccc(OC(F)(F)F)cc1)N1CCc2ccccc2C1. The van der Waals surface area contributed by atoms with Crippen LogP contribution in [-0.2, 0) is 17.8 Å². The summed E-state index contributed by atoms with van der Waals surface area (Å²) in [5.74, 6) is -0.523. The van der Waals surface area contributed by atoms with E-state index in [0.29, 0.717) is 12.2 Å². The predicted molar refractivity (Wildman–Crippen MR) is 91.8 cm³/mol. The van der Waals surface area contributed by atoms with E-state index in [4.69, 9.17) is 0 Å². The Kier molecular flexibility index (Phi) is 5.18. The van der Waals surface area contributed by atoms with Gasteiger partial charge in [0.25, 0.3) is 0 Å². The average Bonchev–Trinajstić information content (AvgIpc) is 2.61. The Morgan fingerprint density at radius 3 is 2.42 bits per heavy atom. The van der Waals surface area contributed by atoms with Crippen molar-refractivity contribution in [2.45, 2.75) is 32.3 Å². The Hall–Kier alpha value is -2.54. The summed E-state index contributed by atoms with van der Waals surface area (Å²) in [6.45, 7) is 3.30. The molecule has 4 nitrogen and oxygen atoms in total. The van der Waals surface area contributed by atoms with Crippen molar-refractivity contribution in [2.24, 2.45) is 0 Å². The lowest BCUT2D eigenvalue weighted by Crippen LogP contribution is -2.44. The number of anilines is 1. The molecule has 1 heterocycles. The maximum Gasteiger partial charge on any atom is 0.573 e. The average molecular weight is 364 g/mol. The molecule has 0 saturated heterocycles. The van der Waals surface area contributed by atoms with E-state index in [2.05, 4.69) is 27.1 Å². The van der Waals surface area contributed by atoms with Gasteiger partial charge in [0, 0.05) is 18.8 Å². The highest BCUT2D eigenvalue weighted by Gasteiger charge is 2.31. The Morgan fingerprint density at radius 1 is 1.12 bits per heavy atom. The second-order valence-electron chi connectivity index (χ2n) is 6.23. The van der Waals surface area contributed by atoms with E-state index in [1.807, 2.05) is 19.1 Å². The van der Waals surface area contributed by atoms with Crippen molar-refractivity contribution in [3.63, 3.8) is 0 Å². The molecule has 7 heteroatoms. The highest BCUT2D eigenvalue weighted by Crippen LogP contribution is 2.24. The first-order valence-electron chi connectivity index (χ1n) is 8.29. The van der Waals surface area contributed by atoms with Gasteiger partial charge in [-0.05, 0) is 48.7 Å². The van der Waals surface area contributed by atoms with Gasteiger partial charge >= 0.3 is 6.36 Å². The molecule has 138 valence electrons. The molecule has 0 aliphatic carbocycles. The lowest BCUT2D eigenvalue weighted by atomic mass is 9.99. The first kappa shape index (κ1) is 18.3. The van der Waals surface area contributed by atoms with Crippen molar-refractivity contribution in [1.29, 1.82) is 0 Å². The van der Waals surface area contributed by atoms with Gasteiger partial charge in [0.2, 0.25) is 5.91 Å². The lowest BCUT2D eigenvalue weighted by Gasteiger charge is -2.32. The Bertz CT molecular complexity index is 775. The first-order chi connectivity index (χ1) is 12.3. The lowest BCUT2D eigenvalue weighted by molar-refractivity contribution is -0.274. The molecule has 0 unspecified atom stereocenters. The number of nitrogens with one attached hydrogen (secondary N) is 1. The number of nitrogens with zero attached hydrogens (tertiary/aromatic N) is 1. The minimum Gasteiger partial charge on any atom is -0.406 e. The van der Waals surface area contributed by atoms with Crippen molar-refractivity contribution < 1.29 is 22.7 Å². The van der Waals surface area contributed by atoms with E-state index >= 15 is 0 Å². The number of ether oxygens (including phenoxy) is 1. The summed E-state index contributed by atoms with van der Waals surface area (Å²) in [6, 6.07) is 12.9. The molecule has 1 amide bonds. The minimum absolute atomic E-state index is 0.200. The Labute approximate surface area is 149 Å². The normalized spacial score (nSPS) is 15.8. The van der Waals surface area contributed by atoms with Gasteiger partial charge in [-0.1, -0.05) is 24.3 Å². The van der Waals surface area contributed by atoms with E-state index in [-0.39, 0.29) is 17.7 Å². The van der Waals surface area contributed by atoms with Gasteiger partial charge in [-0.3, -0.25) is 9.69 Å². The molecular weight excluding hydrogens is 345 g/mol. The van der Waals surface area contributed by atoms with E-state index in [0.717, 1.165) is 13.0 Å². The predicted octanol–water partition coefficient (Wildman–Crippen LogP) is 3.97. The molecule has 1 aliphatic heterocycles. The molecule has 0 radical (unpaired) electrons. The van der Waals surface area contributed by atoms with Crippen LogP contribution in [0.3, 0.4) is 0 Å². The van der Waals surface area contributed by atoms with Crippen LogP contribution in [-0.4, -0.2) is 29.8 Å². The molecular formula is C19H19F3N2O2. The molecule has 0 saturated carbocycles. The minimum atomic E-state index is -4.73. The molecule has 1 aliphatic rings. The van der Waals surface area contributed by atoms with Crippen LogP contribution < -0.4 is 10.1 Å². The monoisotopic (exact) mass is 364 g/mol. The van der Waals surface area contributed by atoms with Crippen LogP contribution in [0.1, 0.15) is 18.1 Å². The molecule has 0 spiro atoms. The number of alkyl halides is 3. The summed E-state index contributed by atoms with van der Waals surface area (Å²) in [5, 5.41) is 2.74. The van der Waals surface area contributed by atoms with Crippen LogP contribution in [0.4, 0.5) is 18.9 Å². The number of carbonyl (C=O) groups is 1. The van der Waals surface area contributed by atoms with Crippen LogP contribution >= 0.6 is 0 Å².